The first-order valence-electron chi connectivity index (χ1n) is 14.3. The molecule has 2 saturated heterocycles. The second kappa shape index (κ2) is 14.2. The topological polar surface area (TPSA) is 176 Å². The second-order valence-electron chi connectivity index (χ2n) is 11.1. The molecule has 0 bridgehead atoms. The van der Waals surface area contributed by atoms with Gasteiger partial charge >= 0.3 is 0 Å². The van der Waals surface area contributed by atoms with E-state index in [9.17, 15) is 30.3 Å². The predicted molar refractivity (Wildman–Crippen MR) is 162 cm³/mol. The number of phenols is 1. The van der Waals surface area contributed by atoms with E-state index in [0.29, 0.717) is 21.4 Å². The van der Waals surface area contributed by atoms with Crippen LogP contribution in [0.25, 0.3) is 6.08 Å². The van der Waals surface area contributed by atoms with Crippen molar-refractivity contribution in [1.82, 2.24) is 5.32 Å². The number of fused-ring (bicyclic) bond motifs is 1. The lowest BCUT2D eigenvalue weighted by atomic mass is 9.83. The minimum absolute atomic E-state index is 0.116. The van der Waals surface area contributed by atoms with Crippen LogP contribution < -0.4 is 14.8 Å². The van der Waals surface area contributed by atoms with Crippen molar-refractivity contribution < 1.29 is 54.0 Å². The lowest BCUT2D eigenvalue weighted by molar-refractivity contribution is -0.155. The molecular formula is C31H35Cl2NO11. The molecule has 1 aliphatic carbocycles. The van der Waals surface area contributed by atoms with E-state index >= 15 is 0 Å². The largest absolute Gasteiger partial charge is 0.504 e. The maximum absolute atomic E-state index is 12.9. The first-order valence-corrected chi connectivity index (χ1v) is 15.0. The van der Waals surface area contributed by atoms with Gasteiger partial charge in [-0.3, -0.25) is 4.79 Å². The Hall–Kier alpha value is -2.91. The third-order valence-electron chi connectivity index (χ3n) is 7.95. The van der Waals surface area contributed by atoms with Crippen molar-refractivity contribution in [3.05, 3.63) is 69.2 Å². The number of phenolic OH excluding ortho intramolecular Hbond substituents is 1. The lowest BCUT2D eigenvalue weighted by Crippen LogP contribution is -2.67. The van der Waals surface area contributed by atoms with E-state index in [-0.39, 0.29) is 36.9 Å². The summed E-state index contributed by atoms with van der Waals surface area (Å²) in [6, 6.07) is 8.23. The van der Waals surface area contributed by atoms with Crippen LogP contribution in [0, 0.1) is 0 Å². The summed E-state index contributed by atoms with van der Waals surface area (Å²) in [5.41, 5.74) is 1.40. The average Bonchev–Trinajstić information content (AvgIpc) is 3.63. The van der Waals surface area contributed by atoms with E-state index in [1.54, 1.807) is 37.3 Å². The van der Waals surface area contributed by atoms with Crippen LogP contribution >= 0.6 is 23.2 Å². The number of rotatable bonds is 9. The van der Waals surface area contributed by atoms with Gasteiger partial charge in [-0.2, -0.15) is 0 Å². The van der Waals surface area contributed by atoms with Gasteiger partial charge in [0.15, 0.2) is 11.5 Å². The molecule has 0 radical (unpaired) electrons. The first kappa shape index (κ1) is 33.5. The molecule has 3 aliphatic rings. The number of carbonyl (C=O) groups is 1. The lowest BCUT2D eigenvalue weighted by Gasteiger charge is -2.41. The number of aromatic hydroxyl groups is 1. The molecule has 1 amide bonds. The van der Waals surface area contributed by atoms with Gasteiger partial charge in [0.2, 0.25) is 12.2 Å². The minimum Gasteiger partial charge on any atom is -0.504 e. The molecule has 14 heteroatoms. The molecule has 244 valence electrons. The summed E-state index contributed by atoms with van der Waals surface area (Å²) in [5, 5.41) is 56.0. The maximum Gasteiger partial charge on any atom is 0.247 e. The fourth-order valence-corrected chi connectivity index (χ4v) is 5.95. The van der Waals surface area contributed by atoms with Crippen LogP contribution in [0.3, 0.4) is 0 Å². The summed E-state index contributed by atoms with van der Waals surface area (Å²) in [7, 11) is 0. The molecule has 12 nitrogen and oxygen atoms in total. The summed E-state index contributed by atoms with van der Waals surface area (Å²) in [6.07, 6.45) is -4.83. The van der Waals surface area contributed by atoms with E-state index in [2.05, 4.69) is 5.32 Å². The maximum atomic E-state index is 12.9. The number of hydrogen-bond donors (Lipinski definition) is 6. The van der Waals surface area contributed by atoms with Gasteiger partial charge in [-0.25, -0.2) is 0 Å². The van der Waals surface area contributed by atoms with E-state index in [4.69, 9.17) is 46.9 Å². The predicted octanol–water partition coefficient (Wildman–Crippen LogP) is 2.30. The Morgan fingerprint density at radius 3 is 2.42 bits per heavy atom. The van der Waals surface area contributed by atoms with Crippen molar-refractivity contribution in [2.45, 2.75) is 75.3 Å². The molecule has 6 N–H and O–H groups in total. The Balaban J connectivity index is 1.15. The van der Waals surface area contributed by atoms with Crippen LogP contribution in [0.2, 0.25) is 10.0 Å². The van der Waals surface area contributed by atoms with E-state index in [0.717, 1.165) is 5.57 Å². The smallest absolute Gasteiger partial charge is 0.247 e. The Morgan fingerprint density at radius 1 is 1.00 bits per heavy atom. The molecule has 45 heavy (non-hydrogen) atoms. The van der Waals surface area contributed by atoms with E-state index < -0.39 is 61.0 Å². The molecule has 3 fully saturated rings. The van der Waals surface area contributed by atoms with Crippen LogP contribution in [-0.4, -0.2) is 99.9 Å². The molecule has 0 spiro atoms. The van der Waals surface area contributed by atoms with Gasteiger partial charge in [0, 0.05) is 17.0 Å². The van der Waals surface area contributed by atoms with Crippen molar-refractivity contribution >= 4 is 35.2 Å². The Bertz CT molecular complexity index is 1450. The van der Waals surface area contributed by atoms with Crippen LogP contribution in [0.4, 0.5) is 0 Å². The summed E-state index contributed by atoms with van der Waals surface area (Å²) in [6.45, 7) is 3.37. The van der Waals surface area contributed by atoms with E-state index in [1.807, 2.05) is 0 Å². The zero-order valence-corrected chi connectivity index (χ0v) is 25.9. The molecule has 2 heterocycles. The van der Waals surface area contributed by atoms with Gasteiger partial charge in [0.05, 0.1) is 17.2 Å². The van der Waals surface area contributed by atoms with Gasteiger partial charge in [-0.15, -0.1) is 0 Å². The SMILES string of the molecule is C/C(=C\c1ccc(O[C@H]2C[C@H](O)[C@@H](/C(C)=C/COc3ccc(Cl)cc3Cl)O2)c(O)c1)C(=O)N[C@@H]1[C@H](O)[C@@H](O)[C@H]2OCO[C@H]2[C@@H]1O. The normalized spacial score (nSPS) is 31.9. The van der Waals surface area contributed by atoms with Crippen LogP contribution in [0.15, 0.2) is 53.6 Å². The minimum atomic E-state index is -1.47. The van der Waals surface area contributed by atoms with Crippen LogP contribution in [0.5, 0.6) is 17.2 Å². The van der Waals surface area contributed by atoms with Crippen molar-refractivity contribution in [2.75, 3.05) is 13.4 Å². The molecule has 5 rings (SSSR count). The fourth-order valence-electron chi connectivity index (χ4n) is 5.49. The molecule has 0 unspecified atom stereocenters. The molecular weight excluding hydrogens is 633 g/mol. The standard InChI is InChI=1S/C31H35Cl2NO11/c1-14(7-8-41-21-6-4-17(32)11-18(21)33)28-20(36)12-23(45-28)44-22-5-3-16(10-19(22)35)9-15(2)31(40)34-24-25(37)27(39)30-29(26(24)38)42-13-43-30/h3-7,9-11,20,23-30,35-39H,8,12-13H2,1-2H3,(H,34,40)/b14-7+,15-9+/t20-,23+,24+,25-,26+,27+,28+,29-,30+/m0/s1. The molecule has 2 aromatic carbocycles. The van der Waals surface area contributed by atoms with Crippen molar-refractivity contribution in [2.24, 2.45) is 0 Å². The van der Waals surface area contributed by atoms with Crippen molar-refractivity contribution in [3.63, 3.8) is 0 Å². The molecule has 0 aromatic heterocycles. The Morgan fingerprint density at radius 2 is 1.71 bits per heavy atom. The molecule has 9 atom stereocenters. The number of hydrogen-bond acceptors (Lipinski definition) is 11. The van der Waals surface area contributed by atoms with E-state index in [1.165, 1.54) is 25.1 Å². The van der Waals surface area contributed by atoms with Gasteiger partial charge in [0.1, 0.15) is 55.8 Å². The molecule has 2 aliphatic heterocycles. The number of carbonyl (C=O) groups excluding carboxylic acids is 1. The summed E-state index contributed by atoms with van der Waals surface area (Å²) in [5.74, 6) is -0.236. The highest BCUT2D eigenvalue weighted by atomic mass is 35.5. The zero-order chi connectivity index (χ0) is 32.4. The fraction of sp³-hybridized carbons (Fsp3) is 0.452. The van der Waals surface area contributed by atoms with Crippen molar-refractivity contribution in [3.8, 4) is 17.2 Å². The van der Waals surface area contributed by atoms with Gasteiger partial charge < -0.3 is 54.5 Å². The van der Waals surface area contributed by atoms with Gasteiger partial charge in [-0.05, 0) is 67.5 Å². The third kappa shape index (κ3) is 7.57. The number of benzene rings is 2. The third-order valence-corrected chi connectivity index (χ3v) is 8.48. The van der Waals surface area contributed by atoms with Gasteiger partial charge in [0.25, 0.3) is 0 Å². The monoisotopic (exact) mass is 667 g/mol. The number of ether oxygens (including phenoxy) is 5. The Labute approximate surface area is 269 Å². The summed E-state index contributed by atoms with van der Waals surface area (Å²) in [4.78, 5) is 12.9. The summed E-state index contributed by atoms with van der Waals surface area (Å²) < 4.78 is 27.9. The Kier molecular flexibility index (Phi) is 10.6. The first-order chi connectivity index (χ1) is 21.4. The highest BCUT2D eigenvalue weighted by molar-refractivity contribution is 6.35. The average molecular weight is 669 g/mol. The van der Waals surface area contributed by atoms with Gasteiger partial charge in [-0.1, -0.05) is 29.3 Å². The van der Waals surface area contributed by atoms with Crippen molar-refractivity contribution in [1.29, 1.82) is 0 Å². The highest BCUT2D eigenvalue weighted by Crippen LogP contribution is 2.34. The highest BCUT2D eigenvalue weighted by Gasteiger charge is 2.53. The molecule has 2 aromatic rings. The number of aliphatic hydroxyl groups is 4. The quantitative estimate of drug-likeness (QED) is 0.171. The summed E-state index contributed by atoms with van der Waals surface area (Å²) >= 11 is 12.0. The number of halogens is 2. The number of nitrogens with one attached hydrogen (secondary N) is 1. The zero-order valence-electron chi connectivity index (χ0n) is 24.4. The number of amides is 1. The van der Waals surface area contributed by atoms with Crippen LogP contribution in [0.1, 0.15) is 25.8 Å². The number of aliphatic hydroxyl groups excluding tert-OH is 4. The van der Waals surface area contributed by atoms with Crippen LogP contribution in [-0.2, 0) is 19.0 Å². The molecule has 1 saturated carbocycles. The second-order valence-corrected chi connectivity index (χ2v) is 12.0.